The normalized spacial score (nSPS) is 14.3. The standard InChI is InChI=1S/C21H26N2O5S/c1-4-9-27-21(25)16(5-2)23-17-11-14(6-7-18(17)28-12-20(23)24)15-13-29-19(22-15)8-10-26-3/h6-7,11,13,16H,4-5,8-10,12H2,1-3H3. The zero-order chi connectivity index (χ0) is 20.8. The molecule has 0 fully saturated rings. The van der Waals surface area contributed by atoms with Gasteiger partial charge < -0.3 is 14.2 Å². The van der Waals surface area contributed by atoms with E-state index in [0.717, 1.165) is 29.1 Å². The largest absolute Gasteiger partial charge is 0.482 e. The van der Waals surface area contributed by atoms with E-state index in [1.807, 2.05) is 37.4 Å². The molecule has 0 saturated heterocycles. The lowest BCUT2D eigenvalue weighted by molar-refractivity contribution is -0.146. The minimum Gasteiger partial charge on any atom is -0.482 e. The maximum absolute atomic E-state index is 12.7. The number of hydrogen-bond donors (Lipinski definition) is 0. The summed E-state index contributed by atoms with van der Waals surface area (Å²) in [7, 11) is 1.67. The van der Waals surface area contributed by atoms with Gasteiger partial charge in [-0.3, -0.25) is 9.69 Å². The molecule has 1 aromatic carbocycles. The summed E-state index contributed by atoms with van der Waals surface area (Å²) < 4.78 is 16.0. The van der Waals surface area contributed by atoms with Gasteiger partial charge in [0.05, 0.1) is 29.6 Å². The number of methoxy groups -OCH3 is 1. The number of hydrogen-bond acceptors (Lipinski definition) is 7. The summed E-state index contributed by atoms with van der Waals surface area (Å²) in [6.45, 7) is 4.66. The Bertz CT molecular complexity index is 867. The van der Waals surface area contributed by atoms with Crippen molar-refractivity contribution in [3.05, 3.63) is 28.6 Å². The van der Waals surface area contributed by atoms with Gasteiger partial charge in [0.2, 0.25) is 0 Å². The summed E-state index contributed by atoms with van der Waals surface area (Å²) in [4.78, 5) is 31.4. The highest BCUT2D eigenvalue weighted by molar-refractivity contribution is 7.09. The first-order chi connectivity index (χ1) is 14.1. The van der Waals surface area contributed by atoms with Crippen molar-refractivity contribution < 1.29 is 23.8 Å². The van der Waals surface area contributed by atoms with E-state index >= 15 is 0 Å². The molecular weight excluding hydrogens is 392 g/mol. The lowest BCUT2D eigenvalue weighted by atomic mass is 10.1. The van der Waals surface area contributed by atoms with Crippen LogP contribution in [0, 0.1) is 0 Å². The Morgan fingerprint density at radius 1 is 1.34 bits per heavy atom. The fraction of sp³-hybridized carbons (Fsp3) is 0.476. The van der Waals surface area contributed by atoms with Crippen LogP contribution < -0.4 is 9.64 Å². The molecule has 1 unspecified atom stereocenters. The number of aromatic nitrogens is 1. The molecular formula is C21H26N2O5S. The van der Waals surface area contributed by atoms with Gasteiger partial charge in [-0.05, 0) is 31.0 Å². The highest BCUT2D eigenvalue weighted by Crippen LogP contribution is 2.38. The first-order valence-corrected chi connectivity index (χ1v) is 10.7. The van der Waals surface area contributed by atoms with Crippen molar-refractivity contribution in [2.45, 2.75) is 39.2 Å². The second kappa shape index (κ2) is 9.84. The highest BCUT2D eigenvalue weighted by Gasteiger charge is 2.36. The number of carbonyl (C=O) groups is 2. The monoisotopic (exact) mass is 418 g/mol. The Morgan fingerprint density at radius 3 is 2.90 bits per heavy atom. The van der Waals surface area contributed by atoms with Crippen LogP contribution in [0.15, 0.2) is 23.6 Å². The molecule has 0 aliphatic carbocycles. The minimum absolute atomic E-state index is 0.0955. The number of anilines is 1. The lowest BCUT2D eigenvalue weighted by Crippen LogP contribution is -2.49. The smallest absolute Gasteiger partial charge is 0.329 e. The summed E-state index contributed by atoms with van der Waals surface area (Å²) >= 11 is 1.57. The van der Waals surface area contributed by atoms with Gasteiger partial charge in [-0.2, -0.15) is 0 Å². The fourth-order valence-electron chi connectivity index (χ4n) is 3.17. The van der Waals surface area contributed by atoms with Crippen molar-refractivity contribution >= 4 is 28.9 Å². The van der Waals surface area contributed by atoms with E-state index in [0.29, 0.717) is 31.1 Å². The van der Waals surface area contributed by atoms with E-state index in [4.69, 9.17) is 14.2 Å². The number of benzene rings is 1. The zero-order valence-electron chi connectivity index (χ0n) is 17.0. The molecule has 1 aliphatic rings. The second-order valence-corrected chi connectivity index (χ2v) is 7.64. The summed E-state index contributed by atoms with van der Waals surface area (Å²) in [6.07, 6.45) is 1.94. The van der Waals surface area contributed by atoms with E-state index < -0.39 is 12.0 Å². The predicted molar refractivity (Wildman–Crippen MR) is 111 cm³/mol. The van der Waals surface area contributed by atoms with E-state index in [-0.39, 0.29) is 12.5 Å². The number of esters is 1. The van der Waals surface area contributed by atoms with Gasteiger partial charge in [0, 0.05) is 24.5 Å². The number of nitrogens with zero attached hydrogens (tertiary/aromatic N) is 2. The van der Waals surface area contributed by atoms with Gasteiger partial charge in [-0.1, -0.05) is 13.8 Å². The number of ether oxygens (including phenoxy) is 3. The van der Waals surface area contributed by atoms with Crippen LogP contribution in [0.4, 0.5) is 5.69 Å². The van der Waals surface area contributed by atoms with Gasteiger partial charge >= 0.3 is 5.97 Å². The highest BCUT2D eigenvalue weighted by atomic mass is 32.1. The molecule has 0 bridgehead atoms. The van der Waals surface area contributed by atoms with Crippen LogP contribution >= 0.6 is 11.3 Å². The quantitative estimate of drug-likeness (QED) is 0.581. The Labute approximate surface area is 174 Å². The molecule has 0 saturated carbocycles. The van der Waals surface area contributed by atoms with Gasteiger partial charge in [0.25, 0.3) is 5.91 Å². The molecule has 0 spiro atoms. The average Bonchev–Trinajstić information content (AvgIpc) is 3.21. The molecule has 0 radical (unpaired) electrons. The molecule has 1 aliphatic heterocycles. The van der Waals surface area contributed by atoms with E-state index in [1.165, 1.54) is 4.90 Å². The van der Waals surface area contributed by atoms with Gasteiger partial charge in [0.1, 0.15) is 11.8 Å². The Balaban J connectivity index is 1.92. The summed E-state index contributed by atoms with van der Waals surface area (Å²) in [5.74, 6) is -0.0737. The van der Waals surface area contributed by atoms with Crippen LogP contribution in [0.2, 0.25) is 0 Å². The maximum Gasteiger partial charge on any atom is 0.329 e. The molecule has 1 amide bonds. The van der Waals surface area contributed by atoms with Crippen molar-refractivity contribution in [1.29, 1.82) is 0 Å². The van der Waals surface area contributed by atoms with Crippen LogP contribution in [-0.2, 0) is 25.5 Å². The molecule has 7 nitrogen and oxygen atoms in total. The van der Waals surface area contributed by atoms with Crippen LogP contribution in [0.25, 0.3) is 11.3 Å². The number of fused-ring (bicyclic) bond motifs is 1. The van der Waals surface area contributed by atoms with E-state index in [2.05, 4.69) is 4.98 Å². The van der Waals surface area contributed by atoms with E-state index in [9.17, 15) is 9.59 Å². The van der Waals surface area contributed by atoms with Crippen LogP contribution in [0.1, 0.15) is 31.7 Å². The van der Waals surface area contributed by atoms with Crippen LogP contribution in [0.3, 0.4) is 0 Å². The van der Waals surface area contributed by atoms with Gasteiger partial charge in [0.15, 0.2) is 6.61 Å². The molecule has 156 valence electrons. The summed E-state index contributed by atoms with van der Waals surface area (Å²) in [5, 5.41) is 2.97. The van der Waals surface area contributed by atoms with Crippen molar-refractivity contribution in [3.63, 3.8) is 0 Å². The average molecular weight is 419 g/mol. The van der Waals surface area contributed by atoms with Crippen molar-refractivity contribution in [1.82, 2.24) is 4.98 Å². The first kappa shape index (κ1) is 21.3. The molecule has 2 heterocycles. The molecule has 0 N–H and O–H groups in total. The van der Waals surface area contributed by atoms with Crippen molar-refractivity contribution in [3.8, 4) is 17.0 Å². The third-order valence-corrected chi connectivity index (χ3v) is 5.53. The molecule has 1 aromatic heterocycles. The van der Waals surface area contributed by atoms with E-state index in [1.54, 1.807) is 18.4 Å². The SMILES string of the molecule is CCCOC(=O)C(CC)N1C(=O)COc2ccc(-c3csc(CCOC)n3)cc21. The zero-order valence-corrected chi connectivity index (χ0v) is 17.8. The number of carbonyl (C=O) groups excluding carboxylic acids is 2. The van der Waals surface area contributed by atoms with Crippen molar-refractivity contribution in [2.75, 3.05) is 31.8 Å². The number of amides is 1. The fourth-order valence-corrected chi connectivity index (χ4v) is 3.96. The third kappa shape index (κ3) is 4.76. The lowest BCUT2D eigenvalue weighted by Gasteiger charge is -2.34. The predicted octanol–water partition coefficient (Wildman–Crippen LogP) is 3.46. The molecule has 8 heteroatoms. The molecule has 29 heavy (non-hydrogen) atoms. The molecule has 1 atom stereocenters. The number of thiazole rings is 1. The first-order valence-electron chi connectivity index (χ1n) is 9.78. The summed E-state index contributed by atoms with van der Waals surface area (Å²) in [5.41, 5.74) is 2.26. The number of rotatable bonds is 9. The Hall–Kier alpha value is -2.45. The molecule has 3 rings (SSSR count). The second-order valence-electron chi connectivity index (χ2n) is 6.70. The minimum atomic E-state index is -0.681. The van der Waals surface area contributed by atoms with Crippen LogP contribution in [-0.4, -0.2) is 49.8 Å². The van der Waals surface area contributed by atoms with Crippen molar-refractivity contribution in [2.24, 2.45) is 0 Å². The Kier molecular flexibility index (Phi) is 7.22. The third-order valence-electron chi connectivity index (χ3n) is 4.62. The maximum atomic E-state index is 12.7. The van der Waals surface area contributed by atoms with Crippen LogP contribution in [0.5, 0.6) is 5.75 Å². The van der Waals surface area contributed by atoms with Gasteiger partial charge in [-0.15, -0.1) is 11.3 Å². The summed E-state index contributed by atoms with van der Waals surface area (Å²) in [6, 6.07) is 4.91. The topological polar surface area (TPSA) is 78.0 Å². The molecule has 2 aromatic rings. The van der Waals surface area contributed by atoms with Gasteiger partial charge in [-0.25, -0.2) is 9.78 Å². The Morgan fingerprint density at radius 2 is 2.17 bits per heavy atom.